The van der Waals surface area contributed by atoms with Gasteiger partial charge in [-0.15, -0.1) is 0 Å². The molecule has 9 heteroatoms. The number of nitrogens with zero attached hydrogens (tertiary/aromatic N) is 2. The van der Waals surface area contributed by atoms with E-state index in [4.69, 9.17) is 5.11 Å². The number of benzene rings is 1. The Morgan fingerprint density at radius 1 is 1.25 bits per heavy atom. The third kappa shape index (κ3) is 4.13. The van der Waals surface area contributed by atoms with Crippen LogP contribution in [-0.2, 0) is 11.2 Å². The van der Waals surface area contributed by atoms with Crippen molar-refractivity contribution in [2.24, 2.45) is 5.92 Å². The predicted molar refractivity (Wildman–Crippen MR) is 112 cm³/mol. The number of hydrogen-bond acceptors (Lipinski definition) is 4. The first kappa shape index (κ1) is 20.2. The van der Waals surface area contributed by atoms with Crippen molar-refractivity contribution in [3.8, 4) is 17.1 Å². The summed E-state index contributed by atoms with van der Waals surface area (Å²) in [5, 5.41) is 19.4. The Morgan fingerprint density at radius 2 is 1.93 bits per heavy atom. The van der Waals surface area contributed by atoms with Gasteiger partial charge in [0.15, 0.2) is 0 Å². The first-order chi connectivity index (χ1) is 13.3. The number of rotatable bonds is 7. The van der Waals surface area contributed by atoms with Crippen molar-refractivity contribution < 1.29 is 15.0 Å². The second kappa shape index (κ2) is 8.21. The van der Waals surface area contributed by atoms with E-state index >= 15 is 0 Å². The number of carbonyl (C=O) groups is 1. The summed E-state index contributed by atoms with van der Waals surface area (Å²) < 4.78 is 2.36. The maximum atomic E-state index is 12.5. The minimum absolute atomic E-state index is 0.0419. The third-order valence-corrected chi connectivity index (χ3v) is 5.22. The van der Waals surface area contributed by atoms with E-state index in [1.54, 1.807) is 6.20 Å². The molecule has 0 aliphatic heterocycles. The van der Waals surface area contributed by atoms with E-state index < -0.39 is 17.7 Å². The molecule has 1 atom stereocenters. The molecule has 1 aromatic carbocycles. The van der Waals surface area contributed by atoms with Crippen LogP contribution in [-0.4, -0.2) is 35.7 Å². The number of carboxylic acid groups (broad SMARTS) is 1. The van der Waals surface area contributed by atoms with Crippen molar-refractivity contribution in [2.45, 2.75) is 32.7 Å². The molecule has 0 bridgehead atoms. The summed E-state index contributed by atoms with van der Waals surface area (Å²) in [6.45, 7) is 3.85. The molecule has 3 rings (SSSR count). The minimum Gasteiger partial charge on any atom is -0.493 e. The second-order valence-corrected chi connectivity index (χ2v) is 8.12. The zero-order valence-corrected chi connectivity index (χ0v) is 17.6. The van der Waals surface area contributed by atoms with Crippen molar-refractivity contribution >= 4 is 28.6 Å². The molecule has 28 heavy (non-hydrogen) atoms. The van der Waals surface area contributed by atoms with Crippen molar-refractivity contribution in [2.75, 3.05) is 0 Å². The molecule has 0 saturated carbocycles. The summed E-state index contributed by atoms with van der Waals surface area (Å²) >= 11 is 2.24. The van der Waals surface area contributed by atoms with E-state index in [2.05, 4.69) is 37.5 Å². The highest BCUT2D eigenvalue weighted by atomic mass is 127. The third-order valence-electron chi connectivity index (χ3n) is 4.50. The molecule has 3 aromatic rings. The van der Waals surface area contributed by atoms with E-state index in [1.165, 1.54) is 4.57 Å². The lowest BCUT2D eigenvalue weighted by atomic mass is 10.0. The van der Waals surface area contributed by atoms with Gasteiger partial charge in [-0.1, -0.05) is 26.0 Å². The number of aromatic amines is 2. The van der Waals surface area contributed by atoms with Gasteiger partial charge in [0.05, 0.1) is 24.0 Å². The Balaban J connectivity index is 1.98. The molecule has 0 radical (unpaired) electrons. The van der Waals surface area contributed by atoms with Crippen LogP contribution in [0.2, 0.25) is 0 Å². The summed E-state index contributed by atoms with van der Waals surface area (Å²) in [5.41, 5.74) is 1.49. The summed E-state index contributed by atoms with van der Waals surface area (Å²) in [5.74, 6) is -0.758. The Labute approximate surface area is 174 Å². The van der Waals surface area contributed by atoms with Crippen LogP contribution in [0.25, 0.3) is 11.3 Å². The quantitative estimate of drug-likeness (QED) is 0.375. The standard InChI is InChI=1S/C19H21IN4O4/c1-10(2)16(24-18(27)13(23-19(24)28)7-8-15(25)26)17-21-9-14(22-17)11-3-5-12(20)6-4-11/h3-6,9-10,16,27H,7-8H2,1-2H3,(H,21,22)(H,23,28)(H,25,26)/t16-/m0/s1. The van der Waals surface area contributed by atoms with Crippen molar-refractivity contribution in [3.05, 3.63) is 56.0 Å². The highest BCUT2D eigenvalue weighted by Crippen LogP contribution is 2.30. The van der Waals surface area contributed by atoms with Gasteiger partial charge in [-0.25, -0.2) is 9.78 Å². The zero-order chi connectivity index (χ0) is 20.4. The molecule has 0 fully saturated rings. The van der Waals surface area contributed by atoms with Crippen molar-refractivity contribution in [1.29, 1.82) is 0 Å². The average Bonchev–Trinajstić information content (AvgIpc) is 3.21. The molecule has 0 amide bonds. The van der Waals surface area contributed by atoms with Gasteiger partial charge in [-0.3, -0.25) is 9.36 Å². The number of aliphatic carboxylic acids is 1. The van der Waals surface area contributed by atoms with Crippen LogP contribution in [0.1, 0.15) is 37.8 Å². The minimum atomic E-state index is -0.999. The largest absolute Gasteiger partial charge is 0.493 e. The predicted octanol–water partition coefficient (Wildman–Crippen LogP) is 3.14. The highest BCUT2D eigenvalue weighted by molar-refractivity contribution is 14.1. The maximum absolute atomic E-state index is 12.5. The molecule has 4 N–H and O–H groups in total. The summed E-state index contributed by atoms with van der Waals surface area (Å²) in [4.78, 5) is 33.6. The monoisotopic (exact) mass is 496 g/mol. The Morgan fingerprint density at radius 3 is 2.54 bits per heavy atom. The number of aryl methyl sites for hydroxylation is 1. The SMILES string of the molecule is CC(C)[C@@H](c1ncc(-c2ccc(I)cc2)[nH]1)n1c(O)c(CCC(=O)O)[nH]c1=O. The lowest BCUT2D eigenvalue weighted by Crippen LogP contribution is -2.27. The van der Waals surface area contributed by atoms with Gasteiger partial charge in [0, 0.05) is 9.99 Å². The summed E-state index contributed by atoms with van der Waals surface area (Å²) in [6, 6.07) is 7.42. The summed E-state index contributed by atoms with van der Waals surface area (Å²) in [7, 11) is 0. The van der Waals surface area contributed by atoms with E-state index in [0.717, 1.165) is 14.8 Å². The lowest BCUT2D eigenvalue weighted by Gasteiger charge is -2.20. The van der Waals surface area contributed by atoms with E-state index in [0.29, 0.717) is 5.82 Å². The van der Waals surface area contributed by atoms with Crippen molar-refractivity contribution in [1.82, 2.24) is 19.5 Å². The molecule has 0 saturated heterocycles. The molecule has 0 aliphatic rings. The molecule has 148 valence electrons. The topological polar surface area (TPSA) is 124 Å². The molecular weight excluding hydrogens is 475 g/mol. The van der Waals surface area contributed by atoms with Gasteiger partial charge in [0.1, 0.15) is 11.9 Å². The number of H-pyrrole nitrogens is 2. The lowest BCUT2D eigenvalue weighted by molar-refractivity contribution is -0.136. The smallest absolute Gasteiger partial charge is 0.329 e. The van der Waals surface area contributed by atoms with E-state index in [-0.39, 0.29) is 30.3 Å². The van der Waals surface area contributed by atoms with Crippen LogP contribution >= 0.6 is 22.6 Å². The molecular formula is C19H21IN4O4. The number of nitrogens with one attached hydrogen (secondary N) is 2. The maximum Gasteiger partial charge on any atom is 0.329 e. The van der Waals surface area contributed by atoms with E-state index in [9.17, 15) is 14.7 Å². The van der Waals surface area contributed by atoms with Gasteiger partial charge in [-0.2, -0.15) is 0 Å². The van der Waals surface area contributed by atoms with Crippen LogP contribution in [0.4, 0.5) is 0 Å². The van der Waals surface area contributed by atoms with Crippen LogP contribution in [0, 0.1) is 9.49 Å². The number of aromatic hydroxyl groups is 1. The molecule has 2 aromatic heterocycles. The second-order valence-electron chi connectivity index (χ2n) is 6.87. The first-order valence-electron chi connectivity index (χ1n) is 8.83. The van der Waals surface area contributed by atoms with Gasteiger partial charge in [0.25, 0.3) is 0 Å². The number of halogens is 1. The fraction of sp³-hybridized carbons (Fsp3) is 0.316. The average molecular weight is 496 g/mol. The summed E-state index contributed by atoms with van der Waals surface area (Å²) in [6.07, 6.45) is 1.56. The Bertz CT molecular complexity index is 1030. The van der Waals surface area contributed by atoms with Crippen LogP contribution in [0.15, 0.2) is 35.3 Å². The fourth-order valence-corrected chi connectivity index (χ4v) is 3.51. The van der Waals surface area contributed by atoms with Gasteiger partial charge in [-0.05, 0) is 46.2 Å². The van der Waals surface area contributed by atoms with Gasteiger partial charge < -0.3 is 20.2 Å². The normalized spacial score (nSPS) is 12.4. The Kier molecular flexibility index (Phi) is 5.92. The number of imidazole rings is 2. The van der Waals surface area contributed by atoms with Gasteiger partial charge in [0.2, 0.25) is 5.88 Å². The number of carboxylic acids is 1. The molecule has 0 aliphatic carbocycles. The van der Waals surface area contributed by atoms with Crippen LogP contribution in [0.5, 0.6) is 5.88 Å². The van der Waals surface area contributed by atoms with Crippen LogP contribution < -0.4 is 5.69 Å². The highest BCUT2D eigenvalue weighted by Gasteiger charge is 2.27. The van der Waals surface area contributed by atoms with Crippen molar-refractivity contribution in [3.63, 3.8) is 0 Å². The number of aromatic nitrogens is 4. The molecule has 2 heterocycles. The van der Waals surface area contributed by atoms with E-state index in [1.807, 2.05) is 38.1 Å². The fourth-order valence-electron chi connectivity index (χ4n) is 3.15. The molecule has 8 nitrogen and oxygen atoms in total. The zero-order valence-electron chi connectivity index (χ0n) is 15.4. The van der Waals surface area contributed by atoms with Gasteiger partial charge >= 0.3 is 11.7 Å². The van der Waals surface area contributed by atoms with Crippen LogP contribution in [0.3, 0.4) is 0 Å². The first-order valence-corrected chi connectivity index (χ1v) is 9.90. The number of hydrogen-bond donors (Lipinski definition) is 4. The molecule has 0 spiro atoms. The molecule has 0 unspecified atom stereocenters. The Hall–Kier alpha value is -2.56.